The van der Waals surface area contributed by atoms with Gasteiger partial charge in [0.1, 0.15) is 0 Å². The number of allylic oxidation sites excluding steroid dienone is 5. The van der Waals surface area contributed by atoms with Crippen molar-refractivity contribution in [3.8, 4) is 0 Å². The van der Waals surface area contributed by atoms with Crippen molar-refractivity contribution in [1.29, 1.82) is 0 Å². The van der Waals surface area contributed by atoms with Crippen molar-refractivity contribution in [2.24, 2.45) is 7.05 Å². The summed E-state index contributed by atoms with van der Waals surface area (Å²) in [7, 11) is 1.84. The van der Waals surface area contributed by atoms with Gasteiger partial charge in [-0.1, -0.05) is 42.5 Å². The molecule has 1 rings (SSSR count). The van der Waals surface area contributed by atoms with E-state index in [0.717, 1.165) is 11.1 Å². The minimum atomic E-state index is 0.503. The van der Waals surface area contributed by atoms with Gasteiger partial charge in [-0.05, 0) is 12.5 Å². The number of aromatic nitrogens is 2. The average molecular weight is 209 g/mol. The summed E-state index contributed by atoms with van der Waals surface area (Å²) in [6.45, 7) is 5.70. The molecule has 0 spiro atoms. The number of aryl methyl sites for hydroxylation is 1. The molecule has 0 saturated heterocycles. The second kappa shape index (κ2) is 4.82. The van der Waals surface area contributed by atoms with Crippen LogP contribution < -0.4 is 0 Å². The molecule has 74 valence electrons. The van der Waals surface area contributed by atoms with E-state index in [0.29, 0.717) is 5.15 Å². The van der Waals surface area contributed by atoms with Crippen LogP contribution in [0.5, 0.6) is 0 Å². The summed E-state index contributed by atoms with van der Waals surface area (Å²) in [5.74, 6) is 0. The third kappa shape index (κ3) is 2.36. The SMILES string of the molecule is C=C/C(=C\C=C/C)c1cn(C)nc1Cl. The van der Waals surface area contributed by atoms with Crippen molar-refractivity contribution >= 4 is 17.2 Å². The number of hydrogen-bond donors (Lipinski definition) is 0. The normalized spacial score (nSPS) is 12.4. The second-order valence-electron chi connectivity index (χ2n) is 2.86. The Labute approximate surface area is 89.2 Å². The molecule has 0 saturated carbocycles. The Bertz CT molecular complexity index is 386. The zero-order chi connectivity index (χ0) is 10.6. The molecule has 1 heterocycles. The molecule has 1 aromatic heterocycles. The molecule has 0 aromatic carbocycles. The van der Waals surface area contributed by atoms with E-state index in [-0.39, 0.29) is 0 Å². The highest BCUT2D eigenvalue weighted by Crippen LogP contribution is 2.22. The molecular weight excluding hydrogens is 196 g/mol. The molecule has 1 aromatic rings. The number of halogens is 1. The smallest absolute Gasteiger partial charge is 0.158 e. The van der Waals surface area contributed by atoms with Crippen LogP contribution in [-0.2, 0) is 7.05 Å². The van der Waals surface area contributed by atoms with Gasteiger partial charge in [-0.25, -0.2) is 0 Å². The predicted octanol–water partition coefficient (Wildman–Crippen LogP) is 3.22. The molecule has 14 heavy (non-hydrogen) atoms. The van der Waals surface area contributed by atoms with Crippen LogP contribution >= 0.6 is 11.6 Å². The molecule has 0 amide bonds. The Kier molecular flexibility index (Phi) is 3.72. The maximum atomic E-state index is 5.95. The van der Waals surface area contributed by atoms with Gasteiger partial charge in [0.2, 0.25) is 0 Å². The summed E-state index contributed by atoms with van der Waals surface area (Å²) in [6, 6.07) is 0. The van der Waals surface area contributed by atoms with Gasteiger partial charge in [0, 0.05) is 18.8 Å². The lowest BCUT2D eigenvalue weighted by molar-refractivity contribution is 0.768. The van der Waals surface area contributed by atoms with Crippen molar-refractivity contribution in [3.05, 3.63) is 47.8 Å². The fourth-order valence-electron chi connectivity index (χ4n) is 1.12. The van der Waals surface area contributed by atoms with Gasteiger partial charge in [0.25, 0.3) is 0 Å². The fourth-order valence-corrected chi connectivity index (χ4v) is 1.40. The molecule has 0 N–H and O–H groups in total. The average Bonchev–Trinajstić information content (AvgIpc) is 2.47. The van der Waals surface area contributed by atoms with Crippen LogP contribution in [0.1, 0.15) is 12.5 Å². The highest BCUT2D eigenvalue weighted by Gasteiger charge is 2.06. The standard InChI is InChI=1S/C11H13ClN2/c1-4-6-7-9(5-2)10-8-14(3)13-11(10)12/h4-8H,2H2,1,3H3/b6-4-,9-7+. The van der Waals surface area contributed by atoms with Crippen LogP contribution in [0.15, 0.2) is 37.1 Å². The molecule has 0 aliphatic carbocycles. The van der Waals surface area contributed by atoms with E-state index in [1.807, 2.05) is 38.4 Å². The van der Waals surface area contributed by atoms with E-state index in [1.165, 1.54) is 0 Å². The summed E-state index contributed by atoms with van der Waals surface area (Å²) in [5.41, 5.74) is 1.88. The number of rotatable bonds is 3. The third-order valence-electron chi connectivity index (χ3n) is 1.78. The zero-order valence-electron chi connectivity index (χ0n) is 8.37. The predicted molar refractivity (Wildman–Crippen MR) is 61.2 cm³/mol. The molecule has 0 unspecified atom stereocenters. The first-order valence-electron chi connectivity index (χ1n) is 4.34. The Balaban J connectivity index is 3.12. The van der Waals surface area contributed by atoms with Gasteiger partial charge < -0.3 is 0 Å². The molecule has 0 radical (unpaired) electrons. The van der Waals surface area contributed by atoms with Crippen LogP contribution in [0.25, 0.3) is 5.57 Å². The maximum Gasteiger partial charge on any atom is 0.158 e. The Morgan fingerprint density at radius 3 is 2.79 bits per heavy atom. The molecule has 0 bridgehead atoms. The number of nitrogens with zero attached hydrogens (tertiary/aromatic N) is 2. The van der Waals surface area contributed by atoms with Gasteiger partial charge in [-0.3, -0.25) is 4.68 Å². The van der Waals surface area contributed by atoms with Gasteiger partial charge in [0.05, 0.1) is 0 Å². The molecule has 0 aliphatic rings. The molecule has 3 heteroatoms. The Morgan fingerprint density at radius 2 is 2.36 bits per heavy atom. The highest BCUT2D eigenvalue weighted by atomic mass is 35.5. The largest absolute Gasteiger partial charge is 0.274 e. The van der Waals surface area contributed by atoms with E-state index in [9.17, 15) is 0 Å². The summed E-state index contributed by atoms with van der Waals surface area (Å²) >= 11 is 5.95. The maximum absolute atomic E-state index is 5.95. The first-order valence-corrected chi connectivity index (χ1v) is 4.71. The van der Waals surface area contributed by atoms with Crippen LogP contribution in [0.4, 0.5) is 0 Å². The van der Waals surface area contributed by atoms with Crippen LogP contribution in [-0.4, -0.2) is 9.78 Å². The Hall–Kier alpha value is -1.28. The summed E-state index contributed by atoms with van der Waals surface area (Å²) in [6.07, 6.45) is 9.49. The van der Waals surface area contributed by atoms with E-state index in [2.05, 4.69) is 11.7 Å². The lowest BCUT2D eigenvalue weighted by Crippen LogP contribution is -1.84. The quantitative estimate of drug-likeness (QED) is 0.698. The number of hydrogen-bond acceptors (Lipinski definition) is 1. The van der Waals surface area contributed by atoms with Crippen molar-refractivity contribution in [2.75, 3.05) is 0 Å². The molecular formula is C11H13ClN2. The van der Waals surface area contributed by atoms with Crippen LogP contribution in [0.2, 0.25) is 5.15 Å². The Morgan fingerprint density at radius 1 is 1.64 bits per heavy atom. The molecule has 2 nitrogen and oxygen atoms in total. The third-order valence-corrected chi connectivity index (χ3v) is 2.06. The van der Waals surface area contributed by atoms with Crippen LogP contribution in [0.3, 0.4) is 0 Å². The second-order valence-corrected chi connectivity index (χ2v) is 3.22. The van der Waals surface area contributed by atoms with E-state index >= 15 is 0 Å². The molecule has 0 aliphatic heterocycles. The van der Waals surface area contributed by atoms with Gasteiger partial charge in [-0.2, -0.15) is 5.10 Å². The minimum absolute atomic E-state index is 0.503. The van der Waals surface area contributed by atoms with Gasteiger partial charge >= 0.3 is 0 Å². The van der Waals surface area contributed by atoms with Crippen LogP contribution in [0, 0.1) is 0 Å². The summed E-state index contributed by atoms with van der Waals surface area (Å²) < 4.78 is 1.69. The van der Waals surface area contributed by atoms with E-state index in [1.54, 1.807) is 10.8 Å². The lowest BCUT2D eigenvalue weighted by atomic mass is 10.1. The van der Waals surface area contributed by atoms with Gasteiger partial charge in [-0.15, -0.1) is 0 Å². The first kappa shape index (κ1) is 10.8. The molecule has 0 fully saturated rings. The van der Waals surface area contributed by atoms with Gasteiger partial charge in [0.15, 0.2) is 5.15 Å². The first-order chi connectivity index (χ1) is 6.69. The van der Waals surface area contributed by atoms with Crippen molar-refractivity contribution in [3.63, 3.8) is 0 Å². The summed E-state index contributed by atoms with van der Waals surface area (Å²) in [4.78, 5) is 0. The summed E-state index contributed by atoms with van der Waals surface area (Å²) in [5, 5.41) is 4.56. The molecule has 0 atom stereocenters. The van der Waals surface area contributed by atoms with Crippen molar-refractivity contribution in [1.82, 2.24) is 9.78 Å². The van der Waals surface area contributed by atoms with Crippen molar-refractivity contribution < 1.29 is 0 Å². The monoisotopic (exact) mass is 208 g/mol. The lowest BCUT2D eigenvalue weighted by Gasteiger charge is -1.95. The topological polar surface area (TPSA) is 17.8 Å². The van der Waals surface area contributed by atoms with E-state index < -0.39 is 0 Å². The minimum Gasteiger partial charge on any atom is -0.274 e. The zero-order valence-corrected chi connectivity index (χ0v) is 9.12. The van der Waals surface area contributed by atoms with E-state index in [4.69, 9.17) is 11.6 Å². The highest BCUT2D eigenvalue weighted by molar-refractivity contribution is 6.31. The fraction of sp³-hybridized carbons (Fsp3) is 0.182. The van der Waals surface area contributed by atoms with Crippen molar-refractivity contribution in [2.45, 2.75) is 6.92 Å².